The Morgan fingerprint density at radius 2 is 0.679 bits per heavy atom. The summed E-state index contributed by atoms with van der Waals surface area (Å²) in [6, 6.07) is 38.0. The summed E-state index contributed by atoms with van der Waals surface area (Å²) in [4.78, 5) is 7.09. The van der Waals surface area contributed by atoms with Crippen LogP contribution in [0.25, 0.3) is 45.0 Å². The molecule has 28 heavy (non-hydrogen) atoms. The minimum Gasteiger partial charge on any atom is -0.355 e. The van der Waals surface area contributed by atoms with Gasteiger partial charge in [-0.05, 0) is 52.6 Å². The van der Waals surface area contributed by atoms with Gasteiger partial charge in [0.25, 0.3) is 0 Å². The predicted molar refractivity (Wildman–Crippen MR) is 117 cm³/mol. The van der Waals surface area contributed by atoms with E-state index in [0.29, 0.717) is 0 Å². The second-order valence-electron chi connectivity index (χ2n) is 6.88. The smallest absolute Gasteiger partial charge is 0.0458 e. The van der Waals surface area contributed by atoms with Crippen LogP contribution in [0.4, 0.5) is 0 Å². The van der Waals surface area contributed by atoms with Crippen molar-refractivity contribution in [2.24, 2.45) is 0 Å². The molecule has 0 aliphatic rings. The van der Waals surface area contributed by atoms with E-state index in [1.54, 1.807) is 0 Å². The van der Waals surface area contributed by atoms with E-state index in [-0.39, 0.29) is 0 Å². The normalized spacial score (nSPS) is 10.9. The number of aromatic amines is 2. The first-order valence-corrected chi connectivity index (χ1v) is 9.46. The van der Waals surface area contributed by atoms with Gasteiger partial charge < -0.3 is 9.97 Å². The zero-order valence-electron chi connectivity index (χ0n) is 15.4. The molecule has 134 valence electrons. The number of benzene rings is 3. The first-order chi connectivity index (χ1) is 13.9. The van der Waals surface area contributed by atoms with Gasteiger partial charge in [-0.25, -0.2) is 0 Å². The fraction of sp³-hybridized carbons (Fsp3) is 0. The predicted octanol–water partition coefficient (Wildman–Crippen LogP) is 7.01. The fourth-order valence-corrected chi connectivity index (χ4v) is 3.55. The Hall–Kier alpha value is -3.78. The fourth-order valence-electron chi connectivity index (χ4n) is 3.55. The molecule has 2 heteroatoms. The largest absolute Gasteiger partial charge is 0.355 e. The second-order valence-corrected chi connectivity index (χ2v) is 6.88. The minimum atomic E-state index is 1.12. The number of H-pyrrole nitrogens is 2. The maximum Gasteiger partial charge on any atom is 0.0458 e. The summed E-state index contributed by atoms with van der Waals surface area (Å²) in [5.74, 6) is 0. The van der Waals surface area contributed by atoms with E-state index in [9.17, 15) is 0 Å². The van der Waals surface area contributed by atoms with E-state index in [1.165, 1.54) is 22.3 Å². The number of rotatable bonds is 4. The minimum absolute atomic E-state index is 1.12. The van der Waals surface area contributed by atoms with Crippen LogP contribution in [-0.2, 0) is 0 Å². The van der Waals surface area contributed by atoms with Gasteiger partial charge in [-0.15, -0.1) is 0 Å². The number of nitrogens with one attached hydrogen (secondary N) is 2. The average molecular weight is 360 g/mol. The lowest BCUT2D eigenvalue weighted by atomic mass is 10.1. The number of hydrogen-bond donors (Lipinski definition) is 2. The molecule has 2 aromatic heterocycles. The van der Waals surface area contributed by atoms with Crippen molar-refractivity contribution >= 4 is 0 Å². The monoisotopic (exact) mass is 360 g/mol. The maximum atomic E-state index is 3.55. The molecule has 2 heterocycles. The summed E-state index contributed by atoms with van der Waals surface area (Å²) in [6.07, 6.45) is 0. The molecule has 0 spiro atoms. The van der Waals surface area contributed by atoms with Gasteiger partial charge in [0.05, 0.1) is 0 Å². The number of hydrogen-bond acceptors (Lipinski definition) is 0. The van der Waals surface area contributed by atoms with E-state index in [4.69, 9.17) is 0 Å². The van der Waals surface area contributed by atoms with Crippen molar-refractivity contribution in [3.8, 4) is 45.0 Å². The van der Waals surface area contributed by atoms with Gasteiger partial charge in [0.1, 0.15) is 0 Å². The highest BCUT2D eigenvalue weighted by molar-refractivity contribution is 5.74. The van der Waals surface area contributed by atoms with Crippen LogP contribution in [0.1, 0.15) is 0 Å². The molecule has 3 aromatic carbocycles. The molecule has 0 bridgehead atoms. The summed E-state index contributed by atoms with van der Waals surface area (Å²) in [5.41, 5.74) is 9.25. The number of aromatic nitrogens is 2. The quantitative estimate of drug-likeness (QED) is 0.345. The molecule has 0 aliphatic heterocycles. The third kappa shape index (κ3) is 3.17. The Bertz CT molecular complexity index is 1100. The van der Waals surface area contributed by atoms with E-state index < -0.39 is 0 Å². The van der Waals surface area contributed by atoms with Crippen molar-refractivity contribution in [3.63, 3.8) is 0 Å². The highest BCUT2D eigenvalue weighted by Crippen LogP contribution is 2.29. The van der Waals surface area contributed by atoms with Crippen LogP contribution in [0, 0.1) is 0 Å². The Labute approximate surface area is 164 Å². The zero-order chi connectivity index (χ0) is 18.8. The summed E-state index contributed by atoms with van der Waals surface area (Å²) < 4.78 is 0. The SMILES string of the molecule is c1ccc(-c2ccc(-c3cccc(-c4ccc(-c5ccccc5)[nH]4)c3)[nH]2)cc1. The van der Waals surface area contributed by atoms with E-state index >= 15 is 0 Å². The average Bonchev–Trinajstić information content (AvgIpc) is 3.46. The first kappa shape index (κ1) is 16.4. The molecule has 0 radical (unpaired) electrons. The van der Waals surface area contributed by atoms with Crippen LogP contribution in [0.3, 0.4) is 0 Å². The first-order valence-electron chi connectivity index (χ1n) is 9.46. The van der Waals surface area contributed by atoms with Crippen molar-refractivity contribution in [1.29, 1.82) is 0 Å². The van der Waals surface area contributed by atoms with Gasteiger partial charge in [0.2, 0.25) is 0 Å². The third-order valence-electron chi connectivity index (χ3n) is 5.03. The van der Waals surface area contributed by atoms with Crippen LogP contribution in [0.5, 0.6) is 0 Å². The van der Waals surface area contributed by atoms with E-state index in [2.05, 4.69) is 107 Å². The molecule has 0 saturated carbocycles. The highest BCUT2D eigenvalue weighted by Gasteiger charge is 2.07. The van der Waals surface area contributed by atoms with Crippen molar-refractivity contribution in [2.75, 3.05) is 0 Å². The zero-order valence-corrected chi connectivity index (χ0v) is 15.4. The van der Waals surface area contributed by atoms with Crippen LogP contribution >= 0.6 is 0 Å². The molecule has 2 nitrogen and oxygen atoms in total. The Morgan fingerprint density at radius 3 is 1.11 bits per heavy atom. The molecular weight excluding hydrogens is 340 g/mol. The third-order valence-corrected chi connectivity index (χ3v) is 5.03. The highest BCUT2D eigenvalue weighted by atomic mass is 14.7. The summed E-state index contributed by atoms with van der Waals surface area (Å²) in [5, 5.41) is 0. The molecule has 0 amide bonds. The van der Waals surface area contributed by atoms with Crippen LogP contribution < -0.4 is 0 Å². The second kappa shape index (κ2) is 7.09. The Morgan fingerprint density at radius 1 is 0.321 bits per heavy atom. The van der Waals surface area contributed by atoms with Gasteiger partial charge >= 0.3 is 0 Å². The van der Waals surface area contributed by atoms with Gasteiger partial charge in [0, 0.05) is 22.8 Å². The van der Waals surface area contributed by atoms with E-state index in [0.717, 1.165) is 22.8 Å². The van der Waals surface area contributed by atoms with Crippen molar-refractivity contribution in [1.82, 2.24) is 9.97 Å². The standard InChI is InChI=1S/C26H20N2/c1-3-8-19(9-4-1)23-14-16-25(27-23)21-12-7-13-22(18-21)26-17-15-24(28-26)20-10-5-2-6-11-20/h1-18,27-28H. The van der Waals surface area contributed by atoms with Gasteiger partial charge in [-0.2, -0.15) is 0 Å². The van der Waals surface area contributed by atoms with Gasteiger partial charge in [-0.1, -0.05) is 78.9 Å². The van der Waals surface area contributed by atoms with Crippen LogP contribution in [0.2, 0.25) is 0 Å². The summed E-state index contributed by atoms with van der Waals surface area (Å²) >= 11 is 0. The molecule has 5 aromatic rings. The Balaban J connectivity index is 1.46. The topological polar surface area (TPSA) is 31.6 Å². The molecule has 0 unspecified atom stereocenters. The Kier molecular flexibility index (Phi) is 4.15. The van der Waals surface area contributed by atoms with Crippen molar-refractivity contribution in [3.05, 3.63) is 109 Å². The van der Waals surface area contributed by atoms with Crippen molar-refractivity contribution in [2.45, 2.75) is 0 Å². The molecule has 0 fully saturated rings. The van der Waals surface area contributed by atoms with Crippen LogP contribution in [-0.4, -0.2) is 9.97 Å². The lowest BCUT2D eigenvalue weighted by molar-refractivity contribution is 1.37. The molecule has 0 aliphatic carbocycles. The summed E-state index contributed by atoms with van der Waals surface area (Å²) in [7, 11) is 0. The lowest BCUT2D eigenvalue weighted by Gasteiger charge is -2.04. The van der Waals surface area contributed by atoms with Gasteiger partial charge in [-0.3, -0.25) is 0 Å². The lowest BCUT2D eigenvalue weighted by Crippen LogP contribution is -1.83. The molecule has 2 N–H and O–H groups in total. The molecule has 5 rings (SSSR count). The maximum absolute atomic E-state index is 3.55. The molecular formula is C26H20N2. The summed E-state index contributed by atoms with van der Waals surface area (Å²) in [6.45, 7) is 0. The van der Waals surface area contributed by atoms with E-state index in [1.807, 2.05) is 12.1 Å². The molecule has 0 saturated heterocycles. The van der Waals surface area contributed by atoms with Crippen LogP contribution in [0.15, 0.2) is 109 Å². The van der Waals surface area contributed by atoms with Gasteiger partial charge in [0.15, 0.2) is 0 Å². The molecule has 0 atom stereocenters. The van der Waals surface area contributed by atoms with Crippen molar-refractivity contribution < 1.29 is 0 Å².